The van der Waals surface area contributed by atoms with Gasteiger partial charge in [0, 0.05) is 10.6 Å². The van der Waals surface area contributed by atoms with Crippen LogP contribution in [0.3, 0.4) is 0 Å². The molecule has 28 heavy (non-hydrogen) atoms. The molecule has 4 atom stereocenters. The van der Waals surface area contributed by atoms with E-state index < -0.39 is 36.9 Å². The van der Waals surface area contributed by atoms with Gasteiger partial charge in [0.25, 0.3) is 0 Å². The van der Waals surface area contributed by atoms with Crippen molar-refractivity contribution < 1.29 is 33.9 Å². The molecule has 0 aromatic heterocycles. The van der Waals surface area contributed by atoms with Crippen LogP contribution >= 0.6 is 11.6 Å². The molecular formula is C20H21ClF2O5. The van der Waals surface area contributed by atoms with Crippen molar-refractivity contribution in [3.05, 3.63) is 63.7 Å². The van der Waals surface area contributed by atoms with Gasteiger partial charge in [-0.2, -0.15) is 0 Å². The zero-order valence-electron chi connectivity index (χ0n) is 15.0. The van der Waals surface area contributed by atoms with E-state index in [1.165, 1.54) is 12.1 Å². The second-order valence-corrected chi connectivity index (χ2v) is 7.41. The van der Waals surface area contributed by atoms with Gasteiger partial charge in [0.15, 0.2) is 0 Å². The van der Waals surface area contributed by atoms with Gasteiger partial charge in [0.1, 0.15) is 30.2 Å². The number of alkyl halides is 2. The molecule has 1 aliphatic heterocycles. The van der Waals surface area contributed by atoms with Crippen molar-refractivity contribution in [2.24, 2.45) is 0 Å². The number of halogens is 3. The van der Waals surface area contributed by atoms with Crippen molar-refractivity contribution in [1.82, 2.24) is 0 Å². The third-order valence-corrected chi connectivity index (χ3v) is 5.30. The van der Waals surface area contributed by atoms with E-state index in [2.05, 4.69) is 0 Å². The van der Waals surface area contributed by atoms with Gasteiger partial charge < -0.3 is 25.2 Å². The summed E-state index contributed by atoms with van der Waals surface area (Å²) in [6.45, 7) is 0.897. The molecule has 8 heteroatoms. The van der Waals surface area contributed by atoms with Crippen molar-refractivity contribution in [3.8, 4) is 5.75 Å². The summed E-state index contributed by atoms with van der Waals surface area (Å²) in [4.78, 5) is 0. The van der Waals surface area contributed by atoms with Gasteiger partial charge in [0.05, 0.1) is 6.61 Å². The number of hydrogen-bond acceptors (Lipinski definition) is 5. The topological polar surface area (TPSA) is 90.2 Å². The number of aryl methyl sites for hydroxylation is 1. The summed E-state index contributed by atoms with van der Waals surface area (Å²) in [5.74, 6) is -4.20. The van der Waals surface area contributed by atoms with E-state index in [-0.39, 0.29) is 16.3 Å². The first-order valence-corrected chi connectivity index (χ1v) is 9.10. The lowest BCUT2D eigenvalue weighted by Gasteiger charge is -2.42. The minimum Gasteiger partial charge on any atom is -0.508 e. The average molecular weight is 415 g/mol. The number of ether oxygens (including phenoxy) is 1. The Kier molecular flexibility index (Phi) is 5.93. The second kappa shape index (κ2) is 7.93. The Bertz CT molecular complexity index is 839. The van der Waals surface area contributed by atoms with Crippen LogP contribution in [0.15, 0.2) is 36.4 Å². The summed E-state index contributed by atoms with van der Waals surface area (Å²) in [7, 11) is 0. The molecule has 3 rings (SSSR count). The van der Waals surface area contributed by atoms with E-state index in [0.29, 0.717) is 12.0 Å². The lowest BCUT2D eigenvalue weighted by Crippen LogP contribution is -2.59. The van der Waals surface area contributed by atoms with Crippen LogP contribution in [0.4, 0.5) is 8.78 Å². The predicted molar refractivity (Wildman–Crippen MR) is 98.8 cm³/mol. The van der Waals surface area contributed by atoms with Gasteiger partial charge in [-0.05, 0) is 36.6 Å². The van der Waals surface area contributed by atoms with Gasteiger partial charge in [-0.1, -0.05) is 41.4 Å². The number of aliphatic hydroxyl groups is 3. The minimum atomic E-state index is -3.84. The molecule has 0 bridgehead atoms. The monoisotopic (exact) mass is 414 g/mol. The Morgan fingerprint density at radius 1 is 1.14 bits per heavy atom. The molecule has 152 valence electrons. The van der Waals surface area contributed by atoms with Crippen molar-refractivity contribution in [2.45, 2.75) is 43.7 Å². The van der Waals surface area contributed by atoms with Crippen molar-refractivity contribution in [2.75, 3.05) is 6.61 Å². The molecule has 0 unspecified atom stereocenters. The number of benzene rings is 2. The van der Waals surface area contributed by atoms with Crippen LogP contribution in [0.2, 0.25) is 5.02 Å². The summed E-state index contributed by atoms with van der Waals surface area (Å²) >= 11 is 6.22. The van der Waals surface area contributed by atoms with Crippen LogP contribution in [0, 0.1) is 6.92 Å². The Labute approximate surface area is 165 Å². The molecular weight excluding hydrogens is 394 g/mol. The highest BCUT2D eigenvalue weighted by atomic mass is 35.5. The van der Waals surface area contributed by atoms with Crippen molar-refractivity contribution in [3.63, 3.8) is 0 Å². The lowest BCUT2D eigenvalue weighted by atomic mass is 9.89. The molecule has 1 aliphatic rings. The first-order valence-electron chi connectivity index (χ1n) is 8.72. The third kappa shape index (κ3) is 3.86. The van der Waals surface area contributed by atoms with Gasteiger partial charge in [0.2, 0.25) is 0 Å². The molecule has 0 aliphatic carbocycles. The molecule has 0 amide bonds. The Morgan fingerprint density at radius 3 is 2.39 bits per heavy atom. The molecule has 0 radical (unpaired) electrons. The number of phenolic OH excluding ortho intramolecular Hbond substituents is 1. The van der Waals surface area contributed by atoms with E-state index in [4.69, 9.17) is 16.3 Å². The molecule has 5 nitrogen and oxygen atoms in total. The number of hydrogen-bond donors (Lipinski definition) is 4. The first kappa shape index (κ1) is 21.0. The molecule has 1 saturated heterocycles. The van der Waals surface area contributed by atoms with Crippen LogP contribution in [0.25, 0.3) is 0 Å². The average Bonchev–Trinajstić information content (AvgIpc) is 2.65. The maximum absolute atomic E-state index is 14.0. The molecule has 0 saturated carbocycles. The zero-order chi connectivity index (χ0) is 20.6. The molecule has 1 heterocycles. The minimum absolute atomic E-state index is 0.00649. The van der Waals surface area contributed by atoms with E-state index in [1.54, 1.807) is 0 Å². The van der Waals surface area contributed by atoms with Crippen LogP contribution in [-0.4, -0.2) is 51.3 Å². The van der Waals surface area contributed by atoms with Crippen LogP contribution in [-0.2, 0) is 11.2 Å². The Morgan fingerprint density at radius 2 is 1.79 bits per heavy atom. The SMILES string of the molecule is Cc1ccc(Cc2cc([C@@H]3O[C@H](CO)C(F)(F)[C@H](O)[C@H]3O)c(O)cc2Cl)cc1. The number of phenols is 1. The summed E-state index contributed by atoms with van der Waals surface area (Å²) in [5, 5.41) is 39.7. The van der Waals surface area contributed by atoms with Crippen molar-refractivity contribution in [1.29, 1.82) is 0 Å². The third-order valence-electron chi connectivity index (χ3n) is 4.95. The summed E-state index contributed by atoms with van der Waals surface area (Å²) < 4.78 is 33.1. The molecule has 1 fully saturated rings. The van der Waals surface area contributed by atoms with Crippen molar-refractivity contribution >= 4 is 11.6 Å². The van der Waals surface area contributed by atoms with Gasteiger partial charge >= 0.3 is 5.92 Å². The normalized spacial score (nSPS) is 27.0. The number of aliphatic hydroxyl groups excluding tert-OH is 3. The van der Waals surface area contributed by atoms with Gasteiger partial charge in [-0.15, -0.1) is 0 Å². The lowest BCUT2D eigenvalue weighted by molar-refractivity contribution is -0.296. The maximum atomic E-state index is 14.0. The molecule has 2 aromatic rings. The fraction of sp³-hybridized carbons (Fsp3) is 0.400. The second-order valence-electron chi connectivity index (χ2n) is 7.00. The van der Waals surface area contributed by atoms with Gasteiger partial charge in [-0.3, -0.25) is 0 Å². The number of aromatic hydroxyl groups is 1. The molecule has 2 aromatic carbocycles. The fourth-order valence-corrected chi connectivity index (χ4v) is 3.49. The predicted octanol–water partition coefficient (Wildman–Crippen LogP) is 2.73. The van der Waals surface area contributed by atoms with Crippen LogP contribution < -0.4 is 0 Å². The summed E-state index contributed by atoms with van der Waals surface area (Å²) in [5.41, 5.74) is 2.62. The van der Waals surface area contributed by atoms with E-state index in [9.17, 15) is 29.2 Å². The van der Waals surface area contributed by atoms with Gasteiger partial charge in [-0.25, -0.2) is 8.78 Å². The Balaban J connectivity index is 1.96. The van der Waals surface area contributed by atoms with Crippen LogP contribution in [0.5, 0.6) is 5.75 Å². The first-order chi connectivity index (χ1) is 13.1. The largest absolute Gasteiger partial charge is 0.508 e. The smallest absolute Gasteiger partial charge is 0.303 e. The van der Waals surface area contributed by atoms with Crippen LogP contribution in [0.1, 0.15) is 28.4 Å². The highest BCUT2D eigenvalue weighted by molar-refractivity contribution is 6.31. The van der Waals surface area contributed by atoms with E-state index >= 15 is 0 Å². The highest BCUT2D eigenvalue weighted by Crippen LogP contribution is 2.44. The van der Waals surface area contributed by atoms with E-state index in [0.717, 1.165) is 11.1 Å². The number of rotatable bonds is 4. The zero-order valence-corrected chi connectivity index (χ0v) is 15.8. The molecule has 4 N–H and O–H groups in total. The van der Waals surface area contributed by atoms with E-state index in [1.807, 2.05) is 31.2 Å². The maximum Gasteiger partial charge on any atom is 0.303 e. The Hall–Kier alpha value is -1.77. The fourth-order valence-electron chi connectivity index (χ4n) is 3.27. The quantitative estimate of drug-likeness (QED) is 0.617. The highest BCUT2D eigenvalue weighted by Gasteiger charge is 2.57. The summed E-state index contributed by atoms with van der Waals surface area (Å²) in [6.07, 6.45) is -7.54. The molecule has 0 spiro atoms. The summed E-state index contributed by atoms with van der Waals surface area (Å²) in [6, 6.07) is 10.4. The standard InChI is InChI=1S/C20H21ClF2O5/c1-10-2-4-11(5-3-10)6-12-7-13(15(25)8-14(12)21)18-17(26)19(27)20(22,23)16(9-24)28-18/h2-5,7-8,16-19,24-27H,6,9H2,1H3/t16-,17+,18+,19-/m1/s1.